The number of urea groups is 1. The number of nitrogens with zero attached hydrogens (tertiary/aromatic N) is 1. The van der Waals surface area contributed by atoms with Gasteiger partial charge in [-0.2, -0.15) is 0 Å². The molecule has 2 aromatic carbocycles. The second-order valence-corrected chi connectivity index (χ2v) is 7.50. The maximum atomic E-state index is 13.1. The van der Waals surface area contributed by atoms with Crippen LogP contribution >= 0.6 is 0 Å². The Balaban J connectivity index is 1.48. The quantitative estimate of drug-likeness (QED) is 0.738. The van der Waals surface area contributed by atoms with Gasteiger partial charge in [-0.1, -0.05) is 36.4 Å². The van der Waals surface area contributed by atoms with Crippen molar-refractivity contribution >= 4 is 17.8 Å². The van der Waals surface area contributed by atoms with Gasteiger partial charge >= 0.3 is 6.03 Å². The van der Waals surface area contributed by atoms with Crippen LogP contribution in [0.5, 0.6) is 11.5 Å². The van der Waals surface area contributed by atoms with Crippen LogP contribution in [0.15, 0.2) is 48.5 Å². The molecule has 8 heteroatoms. The van der Waals surface area contributed by atoms with E-state index < -0.39 is 23.4 Å². The third-order valence-electron chi connectivity index (χ3n) is 5.37. The summed E-state index contributed by atoms with van der Waals surface area (Å²) in [6.07, 6.45) is 0. The predicted molar refractivity (Wildman–Crippen MR) is 108 cm³/mol. The van der Waals surface area contributed by atoms with Crippen molar-refractivity contribution in [3.8, 4) is 11.5 Å². The average Bonchev–Trinajstić information content (AvgIpc) is 2.98. The van der Waals surface area contributed by atoms with Gasteiger partial charge in [-0.25, -0.2) is 4.79 Å². The SMILES string of the molecule is C[C@@H](NC(=O)CN1C(=O)N[C@@](C)(c2ccc3c(c2)OCCO3)C1=O)c1ccccc1. The fourth-order valence-electron chi connectivity index (χ4n) is 3.65. The minimum Gasteiger partial charge on any atom is -0.486 e. The van der Waals surface area contributed by atoms with Crippen LogP contribution in [0.4, 0.5) is 4.79 Å². The standard InChI is InChI=1S/C22H23N3O5/c1-14(15-6-4-3-5-7-15)23-19(26)13-25-20(27)22(2,24-21(25)28)16-8-9-17-18(12-16)30-11-10-29-17/h3-9,12,14H,10-11,13H2,1-2H3,(H,23,26)(H,24,28)/t14-,22+/m1/s1. The van der Waals surface area contributed by atoms with E-state index in [4.69, 9.17) is 9.47 Å². The van der Waals surface area contributed by atoms with Crippen LogP contribution in [0.3, 0.4) is 0 Å². The molecule has 2 aliphatic heterocycles. The Morgan fingerprint density at radius 2 is 1.83 bits per heavy atom. The van der Waals surface area contributed by atoms with Crippen molar-refractivity contribution in [2.75, 3.05) is 19.8 Å². The second kappa shape index (κ2) is 7.70. The Hall–Kier alpha value is -3.55. The van der Waals surface area contributed by atoms with Crippen LogP contribution in [-0.4, -0.2) is 42.5 Å². The first-order valence-corrected chi connectivity index (χ1v) is 9.77. The first-order chi connectivity index (χ1) is 14.4. The first kappa shape index (κ1) is 19.8. The third kappa shape index (κ3) is 3.56. The number of benzene rings is 2. The normalized spacial score (nSPS) is 21.2. The lowest BCUT2D eigenvalue weighted by atomic mass is 9.91. The number of hydrogen-bond acceptors (Lipinski definition) is 5. The van der Waals surface area contributed by atoms with E-state index in [1.807, 2.05) is 37.3 Å². The summed E-state index contributed by atoms with van der Waals surface area (Å²) >= 11 is 0. The Morgan fingerprint density at radius 3 is 2.57 bits per heavy atom. The molecular weight excluding hydrogens is 386 g/mol. The Labute approximate surface area is 174 Å². The van der Waals surface area contributed by atoms with E-state index in [1.54, 1.807) is 25.1 Å². The minimum atomic E-state index is -1.29. The third-order valence-corrected chi connectivity index (χ3v) is 5.37. The monoisotopic (exact) mass is 409 g/mol. The Bertz CT molecular complexity index is 994. The molecule has 4 amide bonds. The van der Waals surface area contributed by atoms with Crippen LogP contribution in [0, 0.1) is 0 Å². The van der Waals surface area contributed by atoms with Gasteiger partial charge in [-0.15, -0.1) is 0 Å². The molecule has 0 saturated carbocycles. The molecule has 30 heavy (non-hydrogen) atoms. The molecule has 2 aromatic rings. The molecule has 0 radical (unpaired) electrons. The summed E-state index contributed by atoms with van der Waals surface area (Å²) in [7, 11) is 0. The summed E-state index contributed by atoms with van der Waals surface area (Å²) in [5.41, 5.74) is 0.202. The predicted octanol–water partition coefficient (Wildman–Crippen LogP) is 2.10. The van der Waals surface area contributed by atoms with Gasteiger partial charge in [0.1, 0.15) is 25.3 Å². The van der Waals surface area contributed by atoms with Crippen molar-refractivity contribution in [3.63, 3.8) is 0 Å². The molecule has 2 atom stereocenters. The van der Waals surface area contributed by atoms with Crippen molar-refractivity contribution in [3.05, 3.63) is 59.7 Å². The second-order valence-electron chi connectivity index (χ2n) is 7.50. The molecule has 0 bridgehead atoms. The number of nitrogens with one attached hydrogen (secondary N) is 2. The maximum absolute atomic E-state index is 13.1. The van der Waals surface area contributed by atoms with E-state index in [0.717, 1.165) is 10.5 Å². The summed E-state index contributed by atoms with van der Waals surface area (Å²) < 4.78 is 11.1. The number of ether oxygens (including phenoxy) is 2. The molecule has 156 valence electrons. The first-order valence-electron chi connectivity index (χ1n) is 9.77. The summed E-state index contributed by atoms with van der Waals surface area (Å²) in [6.45, 7) is 3.98. The molecular formula is C22H23N3O5. The van der Waals surface area contributed by atoms with E-state index in [2.05, 4.69) is 10.6 Å². The summed E-state index contributed by atoms with van der Waals surface area (Å²) in [5.74, 6) is 0.208. The number of carbonyl (C=O) groups is 3. The van der Waals surface area contributed by atoms with Crippen molar-refractivity contribution in [1.82, 2.24) is 15.5 Å². The topological polar surface area (TPSA) is 97.0 Å². The van der Waals surface area contributed by atoms with E-state index in [1.165, 1.54) is 0 Å². The summed E-state index contributed by atoms with van der Waals surface area (Å²) in [4.78, 5) is 39.0. The van der Waals surface area contributed by atoms with Crippen molar-refractivity contribution in [2.45, 2.75) is 25.4 Å². The van der Waals surface area contributed by atoms with Crippen LogP contribution in [0.1, 0.15) is 31.0 Å². The lowest BCUT2D eigenvalue weighted by Crippen LogP contribution is -2.43. The van der Waals surface area contributed by atoms with Crippen molar-refractivity contribution in [1.29, 1.82) is 0 Å². The molecule has 0 aromatic heterocycles. The van der Waals surface area contributed by atoms with E-state index >= 15 is 0 Å². The minimum absolute atomic E-state index is 0.247. The van der Waals surface area contributed by atoms with Crippen LogP contribution in [0.25, 0.3) is 0 Å². The van der Waals surface area contributed by atoms with E-state index in [0.29, 0.717) is 30.3 Å². The molecule has 0 unspecified atom stereocenters. The molecule has 4 rings (SSSR count). The van der Waals surface area contributed by atoms with E-state index in [9.17, 15) is 14.4 Å². The molecule has 2 heterocycles. The molecule has 0 spiro atoms. The smallest absolute Gasteiger partial charge is 0.325 e. The van der Waals surface area contributed by atoms with Gasteiger partial charge in [0.05, 0.1) is 6.04 Å². The van der Waals surface area contributed by atoms with Gasteiger partial charge in [-0.05, 0) is 37.1 Å². The lowest BCUT2D eigenvalue weighted by molar-refractivity contribution is -0.135. The number of imide groups is 1. The molecule has 8 nitrogen and oxygen atoms in total. The highest BCUT2D eigenvalue weighted by Gasteiger charge is 2.49. The molecule has 0 aliphatic carbocycles. The lowest BCUT2D eigenvalue weighted by Gasteiger charge is -2.25. The molecule has 1 fully saturated rings. The zero-order valence-electron chi connectivity index (χ0n) is 16.8. The fourth-order valence-corrected chi connectivity index (χ4v) is 3.65. The highest BCUT2D eigenvalue weighted by Crippen LogP contribution is 2.36. The maximum Gasteiger partial charge on any atom is 0.325 e. The van der Waals surface area contributed by atoms with Crippen LogP contribution < -0.4 is 20.1 Å². The molecule has 2 N–H and O–H groups in total. The van der Waals surface area contributed by atoms with E-state index in [-0.39, 0.29) is 12.6 Å². The fraction of sp³-hybridized carbons (Fsp3) is 0.318. The van der Waals surface area contributed by atoms with Crippen LogP contribution in [-0.2, 0) is 15.1 Å². The number of amides is 4. The molecule has 2 aliphatic rings. The number of rotatable bonds is 5. The highest BCUT2D eigenvalue weighted by atomic mass is 16.6. The average molecular weight is 409 g/mol. The van der Waals surface area contributed by atoms with Crippen LogP contribution in [0.2, 0.25) is 0 Å². The molecule has 1 saturated heterocycles. The van der Waals surface area contributed by atoms with Crippen molar-refractivity contribution < 1.29 is 23.9 Å². The Morgan fingerprint density at radius 1 is 1.13 bits per heavy atom. The zero-order valence-corrected chi connectivity index (χ0v) is 16.8. The number of fused-ring (bicyclic) bond motifs is 1. The Kier molecular flexibility index (Phi) is 5.07. The zero-order chi connectivity index (χ0) is 21.3. The largest absolute Gasteiger partial charge is 0.486 e. The highest BCUT2D eigenvalue weighted by molar-refractivity contribution is 6.09. The van der Waals surface area contributed by atoms with Gasteiger partial charge < -0.3 is 20.1 Å². The van der Waals surface area contributed by atoms with Gasteiger partial charge in [0.15, 0.2) is 11.5 Å². The number of carbonyl (C=O) groups excluding carboxylic acids is 3. The number of hydrogen-bond donors (Lipinski definition) is 2. The van der Waals surface area contributed by atoms with Gasteiger partial charge in [0.2, 0.25) is 5.91 Å². The van der Waals surface area contributed by atoms with Gasteiger partial charge in [0.25, 0.3) is 5.91 Å². The summed E-state index contributed by atoms with van der Waals surface area (Å²) in [6, 6.07) is 13.7. The van der Waals surface area contributed by atoms with Gasteiger partial charge in [-0.3, -0.25) is 14.5 Å². The van der Waals surface area contributed by atoms with Crippen molar-refractivity contribution in [2.24, 2.45) is 0 Å². The summed E-state index contributed by atoms with van der Waals surface area (Å²) in [5, 5.41) is 5.53. The van der Waals surface area contributed by atoms with Gasteiger partial charge in [0, 0.05) is 0 Å².